The molecule has 5 nitrogen and oxygen atoms in total. The largest absolute Gasteiger partial charge is 0.573 e. The quantitative estimate of drug-likeness (QED) is 0.384. The first-order valence-electron chi connectivity index (χ1n) is 10.6. The summed E-state index contributed by atoms with van der Waals surface area (Å²) in [5.41, 5.74) is 1.63. The standard InChI is InChI=1S/C25H19F5N2O3/c1-2-34-24(33)32-14-21(31-23(32)22-19(26)4-3-5-20(22)27)17-8-6-15(7-9-17)16-10-12-18(13-11-16)35-25(28,29)30/h3-13,21H,2,14H2,1H3. The van der Waals surface area contributed by atoms with Gasteiger partial charge in [0.2, 0.25) is 0 Å². The van der Waals surface area contributed by atoms with Gasteiger partial charge in [-0.2, -0.15) is 0 Å². The fraction of sp³-hybridized carbons (Fsp3) is 0.200. The molecule has 3 aromatic rings. The Bertz CT molecular complexity index is 1220. The van der Waals surface area contributed by atoms with Crippen LogP contribution in [0.4, 0.5) is 26.7 Å². The third-order valence-electron chi connectivity index (χ3n) is 5.28. The van der Waals surface area contributed by atoms with E-state index < -0.39 is 35.7 Å². The number of benzene rings is 3. The number of amides is 1. The lowest BCUT2D eigenvalue weighted by molar-refractivity contribution is -0.274. The van der Waals surface area contributed by atoms with Crippen LogP contribution in [0.15, 0.2) is 71.7 Å². The SMILES string of the molecule is CCOC(=O)N1CC(c2ccc(-c3ccc(OC(F)(F)F)cc3)cc2)N=C1c1c(F)cccc1F. The van der Waals surface area contributed by atoms with Crippen molar-refractivity contribution in [3.63, 3.8) is 0 Å². The molecule has 1 atom stereocenters. The molecule has 1 aliphatic heterocycles. The first-order valence-corrected chi connectivity index (χ1v) is 10.6. The number of ether oxygens (including phenoxy) is 2. The van der Waals surface area contributed by atoms with E-state index in [-0.39, 0.29) is 24.7 Å². The Morgan fingerprint density at radius 1 is 0.971 bits per heavy atom. The summed E-state index contributed by atoms with van der Waals surface area (Å²) in [5.74, 6) is -2.20. The molecule has 1 amide bonds. The molecule has 0 spiro atoms. The molecule has 4 rings (SSSR count). The third-order valence-corrected chi connectivity index (χ3v) is 5.28. The van der Waals surface area contributed by atoms with Gasteiger partial charge in [0, 0.05) is 0 Å². The molecule has 0 aromatic heterocycles. The number of alkyl halides is 3. The Labute approximate surface area is 197 Å². The summed E-state index contributed by atoms with van der Waals surface area (Å²) >= 11 is 0. The first-order chi connectivity index (χ1) is 16.7. The number of carbonyl (C=O) groups is 1. The van der Waals surface area contributed by atoms with Crippen molar-refractivity contribution in [3.05, 3.63) is 89.5 Å². The van der Waals surface area contributed by atoms with E-state index in [1.54, 1.807) is 31.2 Å². The van der Waals surface area contributed by atoms with Gasteiger partial charge in [-0.1, -0.05) is 42.5 Å². The van der Waals surface area contributed by atoms with E-state index in [2.05, 4.69) is 9.73 Å². The normalized spacial score (nSPS) is 15.7. The van der Waals surface area contributed by atoms with Crippen molar-refractivity contribution in [1.82, 2.24) is 4.90 Å². The van der Waals surface area contributed by atoms with Crippen LogP contribution in [0.3, 0.4) is 0 Å². The second-order valence-corrected chi connectivity index (χ2v) is 7.57. The fourth-order valence-electron chi connectivity index (χ4n) is 3.72. The topological polar surface area (TPSA) is 51.1 Å². The number of rotatable bonds is 5. The average Bonchev–Trinajstić information content (AvgIpc) is 3.24. The van der Waals surface area contributed by atoms with Crippen molar-refractivity contribution in [3.8, 4) is 16.9 Å². The second-order valence-electron chi connectivity index (χ2n) is 7.57. The molecule has 0 radical (unpaired) electrons. The van der Waals surface area contributed by atoms with Crippen LogP contribution < -0.4 is 4.74 Å². The molecule has 0 fully saturated rings. The van der Waals surface area contributed by atoms with Gasteiger partial charge in [0.1, 0.15) is 23.2 Å². The number of carbonyl (C=O) groups excluding carboxylic acids is 1. The van der Waals surface area contributed by atoms with Crippen molar-refractivity contribution in [2.24, 2.45) is 4.99 Å². The van der Waals surface area contributed by atoms with E-state index in [0.717, 1.165) is 22.6 Å². The van der Waals surface area contributed by atoms with Gasteiger partial charge >= 0.3 is 12.5 Å². The maximum atomic E-state index is 14.4. The number of nitrogens with zero attached hydrogens (tertiary/aromatic N) is 2. The maximum Gasteiger partial charge on any atom is 0.573 e. The van der Waals surface area contributed by atoms with Gasteiger partial charge in [-0.3, -0.25) is 9.89 Å². The fourth-order valence-corrected chi connectivity index (χ4v) is 3.72. The molecule has 0 bridgehead atoms. The van der Waals surface area contributed by atoms with Crippen molar-refractivity contribution < 1.29 is 36.2 Å². The Balaban J connectivity index is 1.60. The van der Waals surface area contributed by atoms with Gasteiger partial charge in [-0.15, -0.1) is 13.2 Å². The summed E-state index contributed by atoms with van der Waals surface area (Å²) < 4.78 is 74.9. The highest BCUT2D eigenvalue weighted by Gasteiger charge is 2.35. The Kier molecular flexibility index (Phi) is 6.72. The first kappa shape index (κ1) is 24.2. The predicted molar refractivity (Wildman–Crippen MR) is 118 cm³/mol. The molecule has 0 N–H and O–H groups in total. The molecule has 0 aliphatic carbocycles. The van der Waals surface area contributed by atoms with Crippen molar-refractivity contribution in [1.29, 1.82) is 0 Å². The molecule has 0 saturated heterocycles. The zero-order valence-electron chi connectivity index (χ0n) is 18.4. The van der Waals surface area contributed by atoms with Crippen LogP contribution in [0, 0.1) is 11.6 Å². The summed E-state index contributed by atoms with van der Waals surface area (Å²) in [6.45, 7) is 1.71. The van der Waals surface area contributed by atoms with Gasteiger partial charge in [-0.05, 0) is 47.9 Å². The molecule has 1 unspecified atom stereocenters. The Morgan fingerprint density at radius 2 is 1.54 bits per heavy atom. The van der Waals surface area contributed by atoms with Crippen LogP contribution in [-0.2, 0) is 4.74 Å². The van der Waals surface area contributed by atoms with Gasteiger partial charge in [0.25, 0.3) is 0 Å². The molecule has 182 valence electrons. The molecule has 10 heteroatoms. The van der Waals surface area contributed by atoms with Gasteiger partial charge in [0.15, 0.2) is 0 Å². The second kappa shape index (κ2) is 9.73. The summed E-state index contributed by atoms with van der Waals surface area (Å²) in [6, 6.07) is 15.1. The van der Waals surface area contributed by atoms with E-state index in [1.165, 1.54) is 30.3 Å². The third kappa shape index (κ3) is 5.42. The predicted octanol–water partition coefficient (Wildman–Crippen LogP) is 6.49. The molecule has 35 heavy (non-hydrogen) atoms. The Hall–Kier alpha value is -3.95. The summed E-state index contributed by atoms with van der Waals surface area (Å²) in [4.78, 5) is 18.0. The highest BCUT2D eigenvalue weighted by Crippen LogP contribution is 2.32. The monoisotopic (exact) mass is 490 g/mol. The smallest absolute Gasteiger partial charge is 0.449 e. The van der Waals surface area contributed by atoms with E-state index in [9.17, 15) is 26.7 Å². The summed E-state index contributed by atoms with van der Waals surface area (Å²) in [5, 5.41) is 0. The Morgan fingerprint density at radius 3 is 2.09 bits per heavy atom. The van der Waals surface area contributed by atoms with Gasteiger partial charge in [0.05, 0.1) is 24.8 Å². The van der Waals surface area contributed by atoms with E-state index in [4.69, 9.17) is 4.74 Å². The van der Waals surface area contributed by atoms with Crippen LogP contribution in [0.5, 0.6) is 5.75 Å². The zero-order chi connectivity index (χ0) is 25.2. The van der Waals surface area contributed by atoms with E-state index >= 15 is 0 Å². The molecule has 3 aromatic carbocycles. The van der Waals surface area contributed by atoms with Crippen LogP contribution in [0.1, 0.15) is 24.1 Å². The van der Waals surface area contributed by atoms with E-state index in [1.807, 2.05) is 0 Å². The molecular weight excluding hydrogens is 471 g/mol. The number of halogens is 5. The van der Waals surface area contributed by atoms with Crippen LogP contribution in [-0.4, -0.2) is 36.3 Å². The van der Waals surface area contributed by atoms with Crippen LogP contribution >= 0.6 is 0 Å². The number of hydrogen-bond acceptors (Lipinski definition) is 4. The minimum atomic E-state index is -4.77. The highest BCUT2D eigenvalue weighted by atomic mass is 19.4. The highest BCUT2D eigenvalue weighted by molar-refractivity contribution is 6.08. The van der Waals surface area contributed by atoms with Gasteiger partial charge < -0.3 is 9.47 Å². The van der Waals surface area contributed by atoms with Crippen molar-refractivity contribution in [2.75, 3.05) is 13.2 Å². The van der Waals surface area contributed by atoms with Crippen LogP contribution in [0.25, 0.3) is 11.1 Å². The number of aliphatic imine (C=N–C) groups is 1. The molecular formula is C25H19F5N2O3. The minimum absolute atomic E-state index is 0.0186. The molecule has 1 heterocycles. The zero-order valence-corrected chi connectivity index (χ0v) is 18.4. The maximum absolute atomic E-state index is 14.4. The lowest BCUT2D eigenvalue weighted by atomic mass is 10.0. The molecule has 1 aliphatic rings. The van der Waals surface area contributed by atoms with Gasteiger partial charge in [-0.25, -0.2) is 13.6 Å². The summed E-state index contributed by atoms with van der Waals surface area (Å²) in [7, 11) is 0. The lowest BCUT2D eigenvalue weighted by Gasteiger charge is -2.19. The molecule has 0 saturated carbocycles. The number of amidine groups is 1. The number of hydrogen-bond donors (Lipinski definition) is 0. The minimum Gasteiger partial charge on any atom is -0.449 e. The average molecular weight is 490 g/mol. The summed E-state index contributed by atoms with van der Waals surface area (Å²) in [6.07, 6.45) is -5.54. The van der Waals surface area contributed by atoms with Crippen molar-refractivity contribution in [2.45, 2.75) is 19.3 Å². The lowest BCUT2D eigenvalue weighted by Crippen LogP contribution is -2.36. The van der Waals surface area contributed by atoms with Crippen LogP contribution in [0.2, 0.25) is 0 Å². The van der Waals surface area contributed by atoms with E-state index in [0.29, 0.717) is 11.1 Å². The van der Waals surface area contributed by atoms with Crippen molar-refractivity contribution >= 4 is 11.9 Å².